The highest BCUT2D eigenvalue weighted by molar-refractivity contribution is 5.94. The number of ether oxygens (including phenoxy) is 1. The molecule has 24 heavy (non-hydrogen) atoms. The first-order valence-corrected chi connectivity index (χ1v) is 7.60. The predicted molar refractivity (Wildman–Crippen MR) is 87.6 cm³/mol. The normalized spacial score (nSPS) is 19.5. The molecule has 1 atom stereocenters. The Bertz CT molecular complexity index is 784. The summed E-state index contributed by atoms with van der Waals surface area (Å²) in [4.78, 5) is 17.5. The maximum Gasteiger partial charge on any atom is 0.267 e. The number of methoxy groups -OCH3 is 1. The fraction of sp³-hybridized carbons (Fsp3) is 0.353. The van der Waals surface area contributed by atoms with Crippen molar-refractivity contribution in [2.24, 2.45) is 5.16 Å². The Kier molecular flexibility index (Phi) is 4.24. The lowest BCUT2D eigenvalue weighted by molar-refractivity contribution is -0.142. The van der Waals surface area contributed by atoms with Crippen molar-refractivity contribution in [2.45, 2.75) is 32.4 Å². The van der Waals surface area contributed by atoms with E-state index in [1.165, 1.54) is 0 Å². The van der Waals surface area contributed by atoms with Crippen molar-refractivity contribution < 1.29 is 18.9 Å². The van der Waals surface area contributed by atoms with E-state index in [0.717, 1.165) is 17.0 Å². The number of hydrogen-bond donors (Lipinski definition) is 1. The average Bonchev–Trinajstić information content (AvgIpc) is 3.20. The molecule has 1 aliphatic rings. The van der Waals surface area contributed by atoms with E-state index in [2.05, 4.69) is 15.6 Å². The SMILES string of the molecule is COc1cccc(-c2cc(CNC(=O)[C@@]3(C)CC(C)=NO3)on2)c1. The number of aromatic nitrogens is 1. The van der Waals surface area contributed by atoms with Crippen LogP contribution in [0.15, 0.2) is 40.0 Å². The van der Waals surface area contributed by atoms with Crippen LogP contribution in [0.4, 0.5) is 0 Å². The minimum absolute atomic E-state index is 0.230. The van der Waals surface area contributed by atoms with Crippen LogP contribution in [0.2, 0.25) is 0 Å². The number of amides is 1. The molecular formula is C17H19N3O4. The molecule has 2 heterocycles. The van der Waals surface area contributed by atoms with Crippen LogP contribution in [0.5, 0.6) is 5.75 Å². The summed E-state index contributed by atoms with van der Waals surface area (Å²) in [5, 5.41) is 10.7. The van der Waals surface area contributed by atoms with Crippen LogP contribution in [0.25, 0.3) is 11.3 Å². The summed E-state index contributed by atoms with van der Waals surface area (Å²) < 4.78 is 10.5. The van der Waals surface area contributed by atoms with Crippen molar-refractivity contribution in [3.05, 3.63) is 36.1 Å². The quantitative estimate of drug-likeness (QED) is 0.911. The first-order chi connectivity index (χ1) is 11.5. The van der Waals surface area contributed by atoms with Gasteiger partial charge in [-0.25, -0.2) is 0 Å². The van der Waals surface area contributed by atoms with E-state index in [1.807, 2.05) is 31.2 Å². The van der Waals surface area contributed by atoms with E-state index in [9.17, 15) is 4.79 Å². The summed E-state index contributed by atoms with van der Waals surface area (Å²) in [7, 11) is 1.61. The van der Waals surface area contributed by atoms with Gasteiger partial charge in [-0.2, -0.15) is 0 Å². The van der Waals surface area contributed by atoms with Crippen molar-refractivity contribution in [3.63, 3.8) is 0 Å². The molecule has 0 unspecified atom stereocenters. The molecular weight excluding hydrogens is 310 g/mol. The maximum absolute atomic E-state index is 12.3. The largest absolute Gasteiger partial charge is 0.497 e. The first-order valence-electron chi connectivity index (χ1n) is 7.60. The highest BCUT2D eigenvalue weighted by Crippen LogP contribution is 2.25. The molecule has 7 heteroatoms. The summed E-state index contributed by atoms with van der Waals surface area (Å²) in [6.45, 7) is 3.77. The third-order valence-electron chi connectivity index (χ3n) is 3.82. The van der Waals surface area contributed by atoms with Gasteiger partial charge in [0.15, 0.2) is 5.76 Å². The number of hydrogen-bond acceptors (Lipinski definition) is 6. The second kappa shape index (κ2) is 6.35. The minimum Gasteiger partial charge on any atom is -0.497 e. The number of carbonyl (C=O) groups is 1. The standard InChI is InChI=1S/C17H19N3O4/c1-11-9-17(2,24-19-11)16(21)18-10-14-8-15(20-23-14)12-5-4-6-13(7-12)22-3/h4-8H,9-10H2,1-3H3,(H,18,21)/t17-/m1/s1. The smallest absolute Gasteiger partial charge is 0.267 e. The van der Waals surface area contributed by atoms with Gasteiger partial charge in [-0.15, -0.1) is 0 Å². The van der Waals surface area contributed by atoms with Crippen molar-refractivity contribution in [2.75, 3.05) is 7.11 Å². The van der Waals surface area contributed by atoms with Gasteiger partial charge < -0.3 is 19.4 Å². The van der Waals surface area contributed by atoms with Crippen molar-refractivity contribution in [1.29, 1.82) is 0 Å². The fourth-order valence-electron chi connectivity index (χ4n) is 2.52. The molecule has 1 aromatic carbocycles. The Labute approximate surface area is 139 Å². The van der Waals surface area contributed by atoms with Crippen LogP contribution < -0.4 is 10.1 Å². The van der Waals surface area contributed by atoms with E-state index >= 15 is 0 Å². The van der Waals surface area contributed by atoms with Gasteiger partial charge in [0.2, 0.25) is 5.60 Å². The Balaban J connectivity index is 1.63. The molecule has 0 fully saturated rings. The van der Waals surface area contributed by atoms with Gasteiger partial charge >= 0.3 is 0 Å². The molecule has 0 saturated carbocycles. The number of benzene rings is 1. The zero-order valence-corrected chi connectivity index (χ0v) is 13.8. The number of rotatable bonds is 5. The summed E-state index contributed by atoms with van der Waals surface area (Å²) in [6.07, 6.45) is 0.476. The third-order valence-corrected chi connectivity index (χ3v) is 3.82. The van der Waals surface area contributed by atoms with E-state index in [4.69, 9.17) is 14.1 Å². The lowest BCUT2D eigenvalue weighted by Gasteiger charge is -2.19. The van der Waals surface area contributed by atoms with E-state index in [1.54, 1.807) is 20.1 Å². The predicted octanol–water partition coefficient (Wildman–Crippen LogP) is 2.52. The second-order valence-corrected chi connectivity index (χ2v) is 5.92. The van der Waals surface area contributed by atoms with Crippen LogP contribution in [-0.2, 0) is 16.2 Å². The van der Waals surface area contributed by atoms with Crippen LogP contribution in [0, 0.1) is 0 Å². The molecule has 3 rings (SSSR count). The van der Waals surface area contributed by atoms with Crippen molar-refractivity contribution in [3.8, 4) is 17.0 Å². The molecule has 0 radical (unpaired) electrons. The summed E-state index contributed by atoms with van der Waals surface area (Å²) in [5.41, 5.74) is 1.40. The van der Waals surface area contributed by atoms with Crippen molar-refractivity contribution >= 4 is 11.6 Å². The van der Waals surface area contributed by atoms with Gasteiger partial charge in [0.1, 0.15) is 11.4 Å². The summed E-state index contributed by atoms with van der Waals surface area (Å²) in [6, 6.07) is 9.31. The molecule has 1 amide bonds. The van der Waals surface area contributed by atoms with Crippen LogP contribution >= 0.6 is 0 Å². The number of nitrogens with one attached hydrogen (secondary N) is 1. The molecule has 126 valence electrons. The van der Waals surface area contributed by atoms with Gasteiger partial charge in [0.05, 0.1) is 19.4 Å². The molecule has 1 aliphatic heterocycles. The minimum atomic E-state index is -0.959. The Morgan fingerprint density at radius 3 is 2.96 bits per heavy atom. The average molecular weight is 329 g/mol. The first kappa shape index (κ1) is 16.0. The number of nitrogens with zero attached hydrogens (tertiary/aromatic N) is 2. The summed E-state index contributed by atoms with van der Waals surface area (Å²) in [5.74, 6) is 1.06. The monoisotopic (exact) mass is 329 g/mol. The Hall–Kier alpha value is -2.83. The van der Waals surface area contributed by atoms with E-state index in [0.29, 0.717) is 17.9 Å². The molecule has 0 saturated heterocycles. The van der Waals surface area contributed by atoms with E-state index < -0.39 is 5.60 Å². The lowest BCUT2D eigenvalue weighted by atomic mass is 9.99. The van der Waals surface area contributed by atoms with Crippen LogP contribution in [0.3, 0.4) is 0 Å². The Morgan fingerprint density at radius 2 is 2.25 bits per heavy atom. The highest BCUT2D eigenvalue weighted by Gasteiger charge is 2.40. The fourth-order valence-corrected chi connectivity index (χ4v) is 2.52. The summed E-state index contributed by atoms with van der Waals surface area (Å²) >= 11 is 0. The molecule has 7 nitrogen and oxygen atoms in total. The molecule has 2 aromatic rings. The Morgan fingerprint density at radius 1 is 1.42 bits per heavy atom. The number of oxime groups is 1. The van der Waals surface area contributed by atoms with Crippen molar-refractivity contribution in [1.82, 2.24) is 10.5 Å². The molecule has 0 bridgehead atoms. The second-order valence-electron chi connectivity index (χ2n) is 5.92. The zero-order chi connectivity index (χ0) is 17.2. The van der Waals surface area contributed by atoms with Crippen LogP contribution in [-0.4, -0.2) is 29.5 Å². The molecule has 1 N–H and O–H groups in total. The van der Waals surface area contributed by atoms with Gasteiger partial charge in [-0.1, -0.05) is 22.4 Å². The third kappa shape index (κ3) is 3.24. The van der Waals surface area contributed by atoms with E-state index in [-0.39, 0.29) is 12.5 Å². The zero-order valence-electron chi connectivity index (χ0n) is 13.8. The molecule has 0 spiro atoms. The maximum atomic E-state index is 12.3. The topological polar surface area (TPSA) is 86.0 Å². The molecule has 1 aromatic heterocycles. The molecule has 0 aliphatic carbocycles. The highest BCUT2D eigenvalue weighted by atomic mass is 16.7. The lowest BCUT2D eigenvalue weighted by Crippen LogP contribution is -2.44. The van der Waals surface area contributed by atoms with Gasteiger partial charge in [0.25, 0.3) is 5.91 Å². The van der Waals surface area contributed by atoms with Gasteiger partial charge in [0, 0.05) is 18.1 Å². The van der Waals surface area contributed by atoms with Gasteiger partial charge in [-0.3, -0.25) is 4.79 Å². The number of carbonyl (C=O) groups excluding carboxylic acids is 1. The van der Waals surface area contributed by atoms with Gasteiger partial charge in [-0.05, 0) is 26.0 Å². The van der Waals surface area contributed by atoms with Crippen LogP contribution in [0.1, 0.15) is 26.0 Å².